The summed E-state index contributed by atoms with van der Waals surface area (Å²) in [5.41, 5.74) is 0.759. The highest BCUT2D eigenvalue weighted by Gasteiger charge is 2.27. The molecule has 2 aromatic rings. The van der Waals surface area contributed by atoms with Crippen LogP contribution < -0.4 is 4.74 Å². The third-order valence-corrected chi connectivity index (χ3v) is 4.45. The van der Waals surface area contributed by atoms with E-state index in [0.717, 1.165) is 12.8 Å². The molecule has 0 spiro atoms. The summed E-state index contributed by atoms with van der Waals surface area (Å²) in [5.74, 6) is -0.412. The van der Waals surface area contributed by atoms with Crippen LogP contribution in [0.3, 0.4) is 0 Å². The van der Waals surface area contributed by atoms with Crippen LogP contribution in [0.5, 0.6) is 5.75 Å². The fourth-order valence-electron chi connectivity index (χ4n) is 3.15. The molecule has 138 valence electrons. The Morgan fingerprint density at radius 1 is 1.23 bits per heavy atom. The number of hydrogen-bond acceptors (Lipinski definition) is 4. The number of piperidine rings is 1. The largest absolute Gasteiger partial charge is 0.490 e. The molecule has 3 rings (SSSR count). The van der Waals surface area contributed by atoms with Crippen LogP contribution in [-0.2, 0) is 0 Å². The number of para-hydroxylation sites is 1. The second kappa shape index (κ2) is 7.59. The topological polar surface area (TPSA) is 84.7 Å². The van der Waals surface area contributed by atoms with Crippen molar-refractivity contribution in [3.8, 4) is 5.75 Å². The molecule has 0 unspecified atom stereocenters. The van der Waals surface area contributed by atoms with Gasteiger partial charge < -0.3 is 14.7 Å². The van der Waals surface area contributed by atoms with E-state index in [-0.39, 0.29) is 23.6 Å². The molecule has 0 aliphatic carbocycles. The van der Waals surface area contributed by atoms with Crippen LogP contribution in [0.4, 0.5) is 0 Å². The minimum Gasteiger partial charge on any atom is -0.490 e. The maximum Gasteiger partial charge on any atom is 0.338 e. The molecule has 1 aromatic carbocycles. The predicted molar refractivity (Wildman–Crippen MR) is 95.6 cm³/mol. The fraction of sp³-hybridized carbons (Fsp3) is 0.421. The van der Waals surface area contributed by atoms with E-state index in [1.807, 2.05) is 36.9 Å². The molecule has 0 bridgehead atoms. The lowest BCUT2D eigenvalue weighted by molar-refractivity contribution is 0.0682. The van der Waals surface area contributed by atoms with Gasteiger partial charge in [-0.2, -0.15) is 5.10 Å². The van der Waals surface area contributed by atoms with Crippen molar-refractivity contribution < 1.29 is 19.4 Å². The van der Waals surface area contributed by atoms with Crippen LogP contribution in [0.25, 0.3) is 0 Å². The smallest absolute Gasteiger partial charge is 0.338 e. The number of nitrogens with zero attached hydrogens (tertiary/aromatic N) is 3. The molecule has 26 heavy (non-hydrogen) atoms. The number of carbonyl (C=O) groups is 2. The second-order valence-electron chi connectivity index (χ2n) is 6.70. The van der Waals surface area contributed by atoms with Crippen molar-refractivity contribution in [1.29, 1.82) is 0 Å². The molecule has 2 heterocycles. The summed E-state index contributed by atoms with van der Waals surface area (Å²) < 4.78 is 7.45. The molecule has 1 aromatic heterocycles. The molecule has 0 atom stereocenters. The lowest BCUT2D eigenvalue weighted by Crippen LogP contribution is -2.39. The summed E-state index contributed by atoms with van der Waals surface area (Å²) >= 11 is 0. The first-order chi connectivity index (χ1) is 12.5. The molecular formula is C19H23N3O4. The number of likely N-dealkylation sites (tertiary alicyclic amines) is 1. The zero-order valence-corrected chi connectivity index (χ0v) is 15.0. The maximum absolute atomic E-state index is 12.9. The lowest BCUT2D eigenvalue weighted by Gasteiger charge is -2.32. The van der Waals surface area contributed by atoms with Gasteiger partial charge in [-0.1, -0.05) is 12.1 Å². The Bertz CT molecular complexity index is 792. The van der Waals surface area contributed by atoms with Gasteiger partial charge in [-0.15, -0.1) is 0 Å². The van der Waals surface area contributed by atoms with Crippen molar-refractivity contribution >= 4 is 11.9 Å². The van der Waals surface area contributed by atoms with Gasteiger partial charge in [-0.25, -0.2) is 4.79 Å². The van der Waals surface area contributed by atoms with Gasteiger partial charge in [0, 0.05) is 19.3 Å². The zero-order valence-electron chi connectivity index (χ0n) is 15.0. The molecule has 1 aliphatic heterocycles. The molecule has 1 saturated heterocycles. The molecule has 1 amide bonds. The third kappa shape index (κ3) is 3.87. The SMILES string of the molecule is CC(C)Oc1ccccc1C(=O)N1CCC(n2cc(C(=O)O)cn2)CC1. The van der Waals surface area contributed by atoms with Crippen LogP contribution in [0, 0.1) is 0 Å². The molecule has 1 fully saturated rings. The molecule has 1 aliphatic rings. The van der Waals surface area contributed by atoms with Crippen LogP contribution in [0.15, 0.2) is 36.7 Å². The quantitative estimate of drug-likeness (QED) is 0.889. The number of carboxylic acid groups (broad SMARTS) is 1. The average Bonchev–Trinajstić information content (AvgIpc) is 3.12. The van der Waals surface area contributed by atoms with Crippen LogP contribution in [0.1, 0.15) is 53.4 Å². The molecule has 7 nitrogen and oxygen atoms in total. The molecule has 7 heteroatoms. The van der Waals surface area contributed by atoms with Crippen molar-refractivity contribution in [3.05, 3.63) is 47.8 Å². The van der Waals surface area contributed by atoms with E-state index in [2.05, 4.69) is 5.10 Å². The molecule has 0 saturated carbocycles. The first kappa shape index (κ1) is 18.0. The molecule has 0 radical (unpaired) electrons. The Labute approximate surface area is 152 Å². The number of benzene rings is 1. The number of ether oxygens (including phenoxy) is 1. The minimum absolute atomic E-state index is 0.00191. The van der Waals surface area contributed by atoms with Crippen LogP contribution in [0.2, 0.25) is 0 Å². The van der Waals surface area contributed by atoms with Crippen LogP contribution in [-0.4, -0.2) is 50.9 Å². The van der Waals surface area contributed by atoms with Crippen molar-refractivity contribution in [2.75, 3.05) is 13.1 Å². The number of aromatic carboxylic acids is 1. The first-order valence-corrected chi connectivity index (χ1v) is 8.78. The van der Waals surface area contributed by atoms with Crippen LogP contribution >= 0.6 is 0 Å². The summed E-state index contributed by atoms with van der Waals surface area (Å²) in [6.45, 7) is 5.06. The van der Waals surface area contributed by atoms with Gasteiger partial charge in [0.15, 0.2) is 0 Å². The number of hydrogen-bond donors (Lipinski definition) is 1. The Hall–Kier alpha value is -2.83. The summed E-state index contributed by atoms with van der Waals surface area (Å²) in [6.07, 6.45) is 4.38. The van der Waals surface area contributed by atoms with Gasteiger partial charge in [-0.05, 0) is 38.8 Å². The van der Waals surface area contributed by atoms with Gasteiger partial charge in [0.25, 0.3) is 5.91 Å². The highest BCUT2D eigenvalue weighted by molar-refractivity contribution is 5.97. The highest BCUT2D eigenvalue weighted by Crippen LogP contribution is 2.26. The van der Waals surface area contributed by atoms with Crippen molar-refractivity contribution in [1.82, 2.24) is 14.7 Å². The zero-order chi connectivity index (χ0) is 18.7. The third-order valence-electron chi connectivity index (χ3n) is 4.45. The van der Waals surface area contributed by atoms with E-state index < -0.39 is 5.97 Å². The van der Waals surface area contributed by atoms with Gasteiger partial charge in [0.1, 0.15) is 5.75 Å². The van der Waals surface area contributed by atoms with Crippen molar-refractivity contribution in [2.24, 2.45) is 0 Å². The Balaban J connectivity index is 1.66. The summed E-state index contributed by atoms with van der Waals surface area (Å²) in [7, 11) is 0. The maximum atomic E-state index is 12.9. The summed E-state index contributed by atoms with van der Waals surface area (Å²) in [5, 5.41) is 13.2. The lowest BCUT2D eigenvalue weighted by atomic mass is 10.0. The van der Waals surface area contributed by atoms with E-state index in [4.69, 9.17) is 9.84 Å². The van der Waals surface area contributed by atoms with E-state index in [1.165, 1.54) is 6.20 Å². The van der Waals surface area contributed by atoms with Crippen molar-refractivity contribution in [2.45, 2.75) is 38.8 Å². The average molecular weight is 357 g/mol. The highest BCUT2D eigenvalue weighted by atomic mass is 16.5. The number of carboxylic acids is 1. The molecule has 1 N–H and O–H groups in total. The number of amides is 1. The molecular weight excluding hydrogens is 334 g/mol. The Kier molecular flexibility index (Phi) is 5.25. The number of rotatable bonds is 5. The Morgan fingerprint density at radius 3 is 2.54 bits per heavy atom. The monoisotopic (exact) mass is 357 g/mol. The first-order valence-electron chi connectivity index (χ1n) is 8.78. The van der Waals surface area contributed by atoms with E-state index in [0.29, 0.717) is 24.4 Å². The number of aromatic nitrogens is 2. The second-order valence-corrected chi connectivity index (χ2v) is 6.70. The van der Waals surface area contributed by atoms with Gasteiger partial charge in [0.2, 0.25) is 0 Å². The van der Waals surface area contributed by atoms with E-state index in [9.17, 15) is 9.59 Å². The van der Waals surface area contributed by atoms with Gasteiger partial charge in [0.05, 0.1) is 29.5 Å². The Morgan fingerprint density at radius 2 is 1.92 bits per heavy atom. The summed E-state index contributed by atoms with van der Waals surface area (Å²) in [4.78, 5) is 25.7. The number of carbonyl (C=O) groups excluding carboxylic acids is 1. The fourth-order valence-corrected chi connectivity index (χ4v) is 3.15. The van der Waals surface area contributed by atoms with Gasteiger partial charge >= 0.3 is 5.97 Å². The minimum atomic E-state index is -0.981. The van der Waals surface area contributed by atoms with Crippen molar-refractivity contribution in [3.63, 3.8) is 0 Å². The normalized spacial score (nSPS) is 15.3. The standard InChI is InChI=1S/C19H23N3O4/c1-13(2)26-17-6-4-3-5-16(17)18(23)21-9-7-15(8-10-21)22-12-14(11-20-22)19(24)25/h3-6,11-13,15H,7-10H2,1-2H3,(H,24,25). The van der Waals surface area contributed by atoms with E-state index >= 15 is 0 Å². The van der Waals surface area contributed by atoms with Gasteiger partial charge in [-0.3, -0.25) is 9.48 Å². The van der Waals surface area contributed by atoms with E-state index in [1.54, 1.807) is 16.9 Å². The summed E-state index contributed by atoms with van der Waals surface area (Å²) in [6, 6.07) is 7.41. The predicted octanol–water partition coefficient (Wildman–Crippen LogP) is 2.85.